The molecule has 0 atom stereocenters. The summed E-state index contributed by atoms with van der Waals surface area (Å²) in [5, 5.41) is 0. The Morgan fingerprint density at radius 2 is 2.38 bits per heavy atom. The SMILES string of the molecule is Cc1n[c-]cn1C.[K+]. The minimum atomic E-state index is 0. The van der Waals surface area contributed by atoms with Crippen molar-refractivity contribution in [3.8, 4) is 0 Å². The molecular weight excluding hydrogens is 127 g/mol. The van der Waals surface area contributed by atoms with E-state index >= 15 is 0 Å². The molecule has 0 saturated heterocycles. The molecule has 0 amide bonds. The Bertz CT molecular complexity index is 143. The van der Waals surface area contributed by atoms with Crippen molar-refractivity contribution in [2.45, 2.75) is 6.92 Å². The van der Waals surface area contributed by atoms with Crippen LogP contribution in [-0.4, -0.2) is 9.55 Å². The summed E-state index contributed by atoms with van der Waals surface area (Å²) in [5.74, 6) is 1.00. The van der Waals surface area contributed by atoms with Gasteiger partial charge < -0.3 is 9.55 Å². The molecule has 1 heterocycles. The van der Waals surface area contributed by atoms with Crippen molar-refractivity contribution in [2.75, 3.05) is 0 Å². The number of aryl methyl sites for hydroxylation is 2. The van der Waals surface area contributed by atoms with E-state index in [1.54, 1.807) is 6.20 Å². The van der Waals surface area contributed by atoms with Crippen LogP contribution in [0, 0.1) is 13.1 Å². The Morgan fingerprint density at radius 1 is 1.75 bits per heavy atom. The standard InChI is InChI=1S/C5H7N2.K/c1-5-6-3-4-7(5)2;/h4H,1-2H3;/q-1;+1. The topological polar surface area (TPSA) is 17.8 Å². The van der Waals surface area contributed by atoms with Gasteiger partial charge in [-0.05, 0) is 7.05 Å². The van der Waals surface area contributed by atoms with Crippen LogP contribution >= 0.6 is 0 Å². The molecule has 2 nitrogen and oxygen atoms in total. The minimum absolute atomic E-state index is 0. The van der Waals surface area contributed by atoms with E-state index in [9.17, 15) is 0 Å². The Labute approximate surface area is 91.7 Å². The molecule has 0 spiro atoms. The van der Waals surface area contributed by atoms with Gasteiger partial charge in [0.05, 0.1) is 0 Å². The van der Waals surface area contributed by atoms with Crippen LogP contribution in [0.5, 0.6) is 0 Å². The first-order chi connectivity index (χ1) is 3.30. The molecule has 38 valence electrons. The van der Waals surface area contributed by atoms with E-state index in [0.29, 0.717) is 0 Å². The summed E-state index contributed by atoms with van der Waals surface area (Å²) in [6, 6.07) is 0. The molecule has 0 aliphatic carbocycles. The summed E-state index contributed by atoms with van der Waals surface area (Å²) in [5.41, 5.74) is 0. The largest absolute Gasteiger partial charge is 1.00 e. The average molecular weight is 134 g/mol. The fraction of sp³-hybridized carbons (Fsp3) is 0.400. The van der Waals surface area contributed by atoms with Crippen molar-refractivity contribution >= 4 is 0 Å². The smallest absolute Gasteiger partial charge is 0.440 e. The summed E-state index contributed by atoms with van der Waals surface area (Å²) in [4.78, 5) is 3.85. The van der Waals surface area contributed by atoms with Crippen LogP contribution in [0.25, 0.3) is 0 Å². The van der Waals surface area contributed by atoms with E-state index in [1.807, 2.05) is 18.5 Å². The molecule has 8 heavy (non-hydrogen) atoms. The second kappa shape index (κ2) is 3.79. The molecule has 1 aromatic heterocycles. The quantitative estimate of drug-likeness (QED) is 0.284. The van der Waals surface area contributed by atoms with Gasteiger partial charge in [0.1, 0.15) is 0 Å². The molecule has 0 aliphatic rings. The fourth-order valence-corrected chi connectivity index (χ4v) is 0.381. The van der Waals surface area contributed by atoms with Crippen LogP contribution in [0.15, 0.2) is 6.20 Å². The van der Waals surface area contributed by atoms with Gasteiger partial charge in [0.15, 0.2) is 0 Å². The maximum Gasteiger partial charge on any atom is 1.00 e. The zero-order valence-corrected chi connectivity index (χ0v) is 8.59. The summed E-state index contributed by atoms with van der Waals surface area (Å²) in [7, 11) is 1.94. The van der Waals surface area contributed by atoms with Crippen LogP contribution in [0.1, 0.15) is 5.82 Å². The van der Waals surface area contributed by atoms with Crippen LogP contribution in [0.4, 0.5) is 0 Å². The van der Waals surface area contributed by atoms with Crippen LogP contribution < -0.4 is 51.4 Å². The number of hydrogen-bond acceptors (Lipinski definition) is 1. The molecule has 0 unspecified atom stereocenters. The first kappa shape index (κ1) is 8.85. The maximum absolute atomic E-state index is 3.85. The van der Waals surface area contributed by atoms with Crippen LogP contribution in [-0.2, 0) is 7.05 Å². The third kappa shape index (κ3) is 1.99. The number of rotatable bonds is 0. The third-order valence-corrected chi connectivity index (χ3v) is 0.988. The van der Waals surface area contributed by atoms with E-state index in [4.69, 9.17) is 0 Å². The fourth-order valence-electron chi connectivity index (χ4n) is 0.381. The second-order valence-electron chi connectivity index (χ2n) is 1.53. The molecule has 3 heteroatoms. The van der Waals surface area contributed by atoms with Gasteiger partial charge in [0, 0.05) is 0 Å². The second-order valence-corrected chi connectivity index (χ2v) is 1.53. The van der Waals surface area contributed by atoms with Gasteiger partial charge in [-0.3, -0.25) is 0 Å². The molecule has 0 N–H and O–H groups in total. The average Bonchev–Trinajstić information content (AvgIpc) is 1.91. The van der Waals surface area contributed by atoms with Gasteiger partial charge in [-0.1, -0.05) is 18.9 Å². The number of imidazole rings is 1. The molecule has 0 aliphatic heterocycles. The number of hydrogen-bond donors (Lipinski definition) is 0. The maximum atomic E-state index is 3.85. The molecule has 0 bridgehead atoms. The summed E-state index contributed by atoms with van der Waals surface area (Å²) in [6.45, 7) is 1.94. The minimum Gasteiger partial charge on any atom is -0.440 e. The third-order valence-electron chi connectivity index (χ3n) is 0.988. The van der Waals surface area contributed by atoms with E-state index in [-0.39, 0.29) is 51.4 Å². The normalized spacial score (nSPS) is 8.25. The van der Waals surface area contributed by atoms with Gasteiger partial charge >= 0.3 is 51.4 Å². The molecular formula is C5H7KN2. The first-order valence-corrected chi connectivity index (χ1v) is 2.16. The number of nitrogens with zero attached hydrogens (tertiary/aromatic N) is 2. The zero-order chi connectivity index (χ0) is 5.28. The molecule has 0 aromatic carbocycles. The Kier molecular flexibility index (Phi) is 4.19. The van der Waals surface area contributed by atoms with E-state index in [0.717, 1.165) is 5.82 Å². The molecule has 0 saturated carbocycles. The molecule has 0 fully saturated rings. The van der Waals surface area contributed by atoms with Crippen molar-refractivity contribution in [3.05, 3.63) is 18.2 Å². The summed E-state index contributed by atoms with van der Waals surface area (Å²) >= 11 is 0. The zero-order valence-electron chi connectivity index (χ0n) is 5.47. The van der Waals surface area contributed by atoms with Crippen LogP contribution in [0.2, 0.25) is 0 Å². The van der Waals surface area contributed by atoms with Crippen molar-refractivity contribution in [1.29, 1.82) is 0 Å². The van der Waals surface area contributed by atoms with Crippen molar-refractivity contribution in [1.82, 2.24) is 9.55 Å². The van der Waals surface area contributed by atoms with Crippen molar-refractivity contribution in [3.63, 3.8) is 0 Å². The first-order valence-electron chi connectivity index (χ1n) is 2.16. The van der Waals surface area contributed by atoms with Gasteiger partial charge in [-0.25, -0.2) is 0 Å². The summed E-state index contributed by atoms with van der Waals surface area (Å²) in [6.07, 6.45) is 4.51. The molecule has 1 aromatic rings. The Hall–Kier alpha value is 0.846. The van der Waals surface area contributed by atoms with Gasteiger partial charge in [0.2, 0.25) is 0 Å². The van der Waals surface area contributed by atoms with E-state index < -0.39 is 0 Å². The predicted octanol–water partition coefficient (Wildman–Crippen LogP) is -2.47. The van der Waals surface area contributed by atoms with Crippen LogP contribution in [0.3, 0.4) is 0 Å². The predicted molar refractivity (Wildman–Crippen MR) is 26.8 cm³/mol. The van der Waals surface area contributed by atoms with Crippen molar-refractivity contribution in [2.24, 2.45) is 7.05 Å². The van der Waals surface area contributed by atoms with Gasteiger partial charge in [-0.15, -0.1) is 6.20 Å². The van der Waals surface area contributed by atoms with Gasteiger partial charge in [0.25, 0.3) is 0 Å². The Morgan fingerprint density at radius 3 is 2.50 bits per heavy atom. The molecule has 0 radical (unpaired) electrons. The Balaban J connectivity index is 0.000000490. The monoisotopic (exact) mass is 134 g/mol. The number of aromatic nitrogens is 2. The van der Waals surface area contributed by atoms with E-state index in [1.165, 1.54) is 0 Å². The van der Waals surface area contributed by atoms with E-state index in [2.05, 4.69) is 11.2 Å². The van der Waals surface area contributed by atoms with Gasteiger partial charge in [-0.2, -0.15) is 0 Å². The molecule has 1 rings (SSSR count). The summed E-state index contributed by atoms with van der Waals surface area (Å²) < 4.78 is 1.92. The van der Waals surface area contributed by atoms with Crippen molar-refractivity contribution < 1.29 is 51.4 Å².